The van der Waals surface area contributed by atoms with Crippen molar-refractivity contribution in [2.45, 2.75) is 63.3 Å². The van der Waals surface area contributed by atoms with Gasteiger partial charge in [-0.25, -0.2) is 12.7 Å². The summed E-state index contributed by atoms with van der Waals surface area (Å²) in [5.41, 5.74) is 1.21. The average molecular weight is 514 g/mol. The van der Waals surface area contributed by atoms with Crippen molar-refractivity contribution >= 4 is 27.7 Å². The van der Waals surface area contributed by atoms with Gasteiger partial charge in [0.15, 0.2) is 0 Å². The molecule has 1 heterocycles. The molecule has 0 bridgehead atoms. The highest BCUT2D eigenvalue weighted by Gasteiger charge is 2.40. The minimum atomic E-state index is -3.91. The number of hydrogen-bond acceptors (Lipinski definition) is 5. The molecule has 36 heavy (non-hydrogen) atoms. The molecule has 0 saturated carbocycles. The molecule has 1 aliphatic rings. The molecule has 0 aromatic heterocycles. The predicted octanol–water partition coefficient (Wildman–Crippen LogP) is 3.38. The molecule has 3 rings (SSSR count). The predicted molar refractivity (Wildman–Crippen MR) is 138 cm³/mol. The second-order valence-electron chi connectivity index (χ2n) is 8.87. The number of unbranched alkanes of at least 4 members (excludes halogenated alkanes) is 1. The normalized spacial score (nSPS) is 14.8. The van der Waals surface area contributed by atoms with E-state index >= 15 is 0 Å². The minimum absolute atomic E-state index is 0.000566. The average Bonchev–Trinajstić information content (AvgIpc) is 3.07. The number of fused-ring (bicyclic) bond motifs is 1. The maximum absolute atomic E-state index is 13.3. The molecule has 0 fully saturated rings. The Morgan fingerprint density at radius 3 is 2.36 bits per heavy atom. The summed E-state index contributed by atoms with van der Waals surface area (Å²) in [5.74, 6) is -0.981. The molecule has 0 spiro atoms. The molecular formula is C27H35N3O5S. The van der Waals surface area contributed by atoms with Crippen LogP contribution in [-0.2, 0) is 26.0 Å². The largest absolute Gasteiger partial charge is 0.354 e. The van der Waals surface area contributed by atoms with Crippen LogP contribution >= 0.6 is 0 Å². The van der Waals surface area contributed by atoms with Gasteiger partial charge in [-0.1, -0.05) is 62.7 Å². The molecule has 1 atom stereocenters. The van der Waals surface area contributed by atoms with Gasteiger partial charge in [-0.3, -0.25) is 14.4 Å². The SMILES string of the molecule is CCCCNC(=O)[C@@H](CC)N(CCc1ccccc1)C(=O)CCCN1C(=O)c2ccccc2S1(=O)=O. The van der Waals surface area contributed by atoms with E-state index in [-0.39, 0.29) is 41.7 Å². The van der Waals surface area contributed by atoms with Crippen LogP contribution in [0.15, 0.2) is 59.5 Å². The topological polar surface area (TPSA) is 104 Å². The zero-order valence-electron chi connectivity index (χ0n) is 21.0. The molecule has 0 unspecified atom stereocenters. The zero-order chi connectivity index (χ0) is 26.1. The number of amides is 3. The highest BCUT2D eigenvalue weighted by atomic mass is 32.2. The molecule has 8 nitrogen and oxygen atoms in total. The maximum Gasteiger partial charge on any atom is 0.269 e. The smallest absolute Gasteiger partial charge is 0.269 e. The molecule has 0 radical (unpaired) electrons. The van der Waals surface area contributed by atoms with Crippen molar-refractivity contribution in [1.82, 2.24) is 14.5 Å². The molecule has 3 amide bonds. The van der Waals surface area contributed by atoms with Gasteiger partial charge < -0.3 is 10.2 Å². The van der Waals surface area contributed by atoms with Crippen LogP contribution in [0.1, 0.15) is 61.9 Å². The third-order valence-corrected chi connectivity index (χ3v) is 8.20. The van der Waals surface area contributed by atoms with Crippen LogP contribution in [0.2, 0.25) is 0 Å². The first kappa shape index (κ1) is 27.4. The van der Waals surface area contributed by atoms with Crippen molar-refractivity contribution in [3.8, 4) is 0 Å². The molecule has 2 aromatic carbocycles. The van der Waals surface area contributed by atoms with Crippen molar-refractivity contribution in [2.24, 2.45) is 0 Å². The molecule has 9 heteroatoms. The van der Waals surface area contributed by atoms with Crippen LogP contribution in [0, 0.1) is 0 Å². The number of hydrogen-bond donors (Lipinski definition) is 1. The Morgan fingerprint density at radius 1 is 1.00 bits per heavy atom. The quantitative estimate of drug-likeness (QED) is 0.414. The van der Waals surface area contributed by atoms with E-state index in [1.165, 1.54) is 12.1 Å². The first-order valence-electron chi connectivity index (χ1n) is 12.6. The fourth-order valence-electron chi connectivity index (χ4n) is 4.37. The number of carbonyl (C=O) groups is 3. The Bertz CT molecular complexity index is 1170. The Kier molecular flexibility index (Phi) is 9.64. The van der Waals surface area contributed by atoms with Gasteiger partial charge in [0.05, 0.1) is 5.56 Å². The van der Waals surface area contributed by atoms with Gasteiger partial charge in [0.25, 0.3) is 15.9 Å². The fourth-order valence-corrected chi connectivity index (χ4v) is 5.98. The van der Waals surface area contributed by atoms with Crippen LogP contribution in [-0.4, -0.2) is 61.0 Å². The first-order valence-corrected chi connectivity index (χ1v) is 14.0. The second-order valence-corrected chi connectivity index (χ2v) is 10.7. The molecule has 1 N–H and O–H groups in total. The lowest BCUT2D eigenvalue weighted by Crippen LogP contribution is -2.50. The standard InChI is InChI=1S/C27H35N3O5S/c1-3-5-18-28-26(32)23(4-2)29(20-17-21-12-7-6-8-13-21)25(31)16-11-19-30-27(33)22-14-9-10-15-24(22)36(30,34)35/h6-10,12-15,23H,3-5,11,16-20H2,1-2H3,(H,28,32)/t23-/m1/s1. The van der Waals surface area contributed by atoms with E-state index in [0.29, 0.717) is 25.9 Å². The third-order valence-electron chi connectivity index (χ3n) is 6.36. The van der Waals surface area contributed by atoms with Gasteiger partial charge in [-0.05, 0) is 43.4 Å². The van der Waals surface area contributed by atoms with E-state index < -0.39 is 22.0 Å². The highest BCUT2D eigenvalue weighted by molar-refractivity contribution is 7.90. The number of nitrogens with zero attached hydrogens (tertiary/aromatic N) is 2. The van der Waals surface area contributed by atoms with E-state index in [1.807, 2.05) is 44.2 Å². The van der Waals surface area contributed by atoms with Crippen molar-refractivity contribution in [3.05, 3.63) is 65.7 Å². The summed E-state index contributed by atoms with van der Waals surface area (Å²) in [6, 6.07) is 15.3. The van der Waals surface area contributed by atoms with Gasteiger partial charge >= 0.3 is 0 Å². The lowest BCUT2D eigenvalue weighted by atomic mass is 10.1. The van der Waals surface area contributed by atoms with Crippen LogP contribution in [0.5, 0.6) is 0 Å². The number of sulfonamides is 1. The highest BCUT2D eigenvalue weighted by Crippen LogP contribution is 2.30. The van der Waals surface area contributed by atoms with Crippen molar-refractivity contribution < 1.29 is 22.8 Å². The zero-order valence-corrected chi connectivity index (χ0v) is 21.8. The lowest BCUT2D eigenvalue weighted by Gasteiger charge is -2.31. The third kappa shape index (κ3) is 6.32. The van der Waals surface area contributed by atoms with Crippen molar-refractivity contribution in [2.75, 3.05) is 19.6 Å². The van der Waals surface area contributed by atoms with E-state index in [1.54, 1.807) is 17.0 Å². The van der Waals surface area contributed by atoms with Crippen LogP contribution in [0.25, 0.3) is 0 Å². The van der Waals surface area contributed by atoms with E-state index in [2.05, 4.69) is 5.32 Å². The summed E-state index contributed by atoms with van der Waals surface area (Å²) in [4.78, 5) is 40.5. The van der Waals surface area contributed by atoms with E-state index in [4.69, 9.17) is 0 Å². The van der Waals surface area contributed by atoms with Crippen LogP contribution in [0.4, 0.5) is 0 Å². The maximum atomic E-state index is 13.3. The summed E-state index contributed by atoms with van der Waals surface area (Å²) in [6.45, 7) is 4.76. The van der Waals surface area contributed by atoms with Crippen molar-refractivity contribution in [3.63, 3.8) is 0 Å². The summed E-state index contributed by atoms with van der Waals surface area (Å²) in [5, 5.41) is 2.93. The molecule has 1 aliphatic heterocycles. The van der Waals surface area contributed by atoms with E-state index in [9.17, 15) is 22.8 Å². The van der Waals surface area contributed by atoms with Crippen LogP contribution < -0.4 is 5.32 Å². The number of rotatable bonds is 13. The Hall–Kier alpha value is -3.20. The monoisotopic (exact) mass is 513 g/mol. The van der Waals surface area contributed by atoms with Gasteiger partial charge in [-0.15, -0.1) is 0 Å². The first-order chi connectivity index (χ1) is 17.3. The molecule has 2 aromatic rings. The van der Waals surface area contributed by atoms with Crippen LogP contribution in [0.3, 0.4) is 0 Å². The second kappa shape index (κ2) is 12.7. The summed E-state index contributed by atoms with van der Waals surface area (Å²) >= 11 is 0. The van der Waals surface area contributed by atoms with Gasteiger partial charge in [0.2, 0.25) is 11.8 Å². The fraction of sp³-hybridized carbons (Fsp3) is 0.444. The molecule has 194 valence electrons. The van der Waals surface area contributed by atoms with Crippen molar-refractivity contribution in [1.29, 1.82) is 0 Å². The van der Waals surface area contributed by atoms with Gasteiger partial charge in [0, 0.05) is 26.1 Å². The van der Waals surface area contributed by atoms with Gasteiger partial charge in [0.1, 0.15) is 10.9 Å². The Morgan fingerprint density at radius 2 is 1.69 bits per heavy atom. The molecule has 0 saturated heterocycles. The van der Waals surface area contributed by atoms with E-state index in [0.717, 1.165) is 22.7 Å². The molecular weight excluding hydrogens is 478 g/mol. The minimum Gasteiger partial charge on any atom is -0.354 e. The Labute approximate surface area is 213 Å². The number of nitrogens with one attached hydrogen (secondary N) is 1. The molecule has 0 aliphatic carbocycles. The van der Waals surface area contributed by atoms with Gasteiger partial charge in [-0.2, -0.15) is 0 Å². The Balaban J connectivity index is 1.68. The lowest BCUT2D eigenvalue weighted by molar-refractivity contribution is -0.140. The number of benzene rings is 2. The summed E-state index contributed by atoms with van der Waals surface area (Å²) in [7, 11) is -3.91. The number of carbonyl (C=O) groups excluding carboxylic acids is 3. The summed E-state index contributed by atoms with van der Waals surface area (Å²) in [6.07, 6.45) is 3.08. The summed E-state index contributed by atoms with van der Waals surface area (Å²) < 4.78 is 26.4.